The number of Topliss-reactive ketones (excluding diaryl/α,β-unsaturated/α-hetero) is 1. The number of aryl methyl sites for hydroxylation is 1. The number of esters is 2. The van der Waals surface area contributed by atoms with Crippen LogP contribution in [-0.2, 0) is 72.0 Å². The third kappa shape index (κ3) is 24.5. The fourth-order valence-electron chi connectivity index (χ4n) is 22.5. The quantitative estimate of drug-likeness (QED) is 0.0311. The van der Waals surface area contributed by atoms with Crippen LogP contribution in [-0.4, -0.2) is 96.6 Å². The molecule has 2 saturated heterocycles. The molecule has 19 rings (SSSR count). The van der Waals surface area contributed by atoms with Crippen LogP contribution >= 0.6 is 0 Å². The van der Waals surface area contributed by atoms with E-state index in [9.17, 15) is 40.4 Å². The Balaban J connectivity index is 0.000000131. The van der Waals surface area contributed by atoms with E-state index in [-0.39, 0.29) is 49.9 Å². The topological polar surface area (TPSA) is 133 Å². The lowest BCUT2D eigenvalue weighted by Crippen LogP contribution is -2.51. The zero-order chi connectivity index (χ0) is 84.1. The molecule has 13 aliphatic rings. The Morgan fingerprint density at radius 3 is 1.31 bits per heavy atom. The number of rotatable bonds is 17. The number of ether oxygens (including phenoxy) is 3. The van der Waals surface area contributed by atoms with E-state index in [1.165, 1.54) is 166 Å². The number of hydrogen-bond donors (Lipinski definition) is 1. The molecule has 644 valence electrons. The summed E-state index contributed by atoms with van der Waals surface area (Å²) in [7, 11) is -4.87. The van der Waals surface area contributed by atoms with Crippen molar-refractivity contribution in [2.75, 3.05) is 49.4 Å². The fraction of sp³-hybridized carbons (Fsp3) is 0.614. The Morgan fingerprint density at radius 2 is 0.924 bits per heavy atom. The van der Waals surface area contributed by atoms with Crippen molar-refractivity contribution in [3.05, 3.63) is 191 Å². The van der Waals surface area contributed by atoms with Crippen LogP contribution in [0.2, 0.25) is 0 Å². The molecule has 11 saturated carbocycles. The summed E-state index contributed by atoms with van der Waals surface area (Å²) in [6.07, 6.45) is 37.0. The first-order chi connectivity index (χ1) is 56.2. The molecule has 118 heavy (non-hydrogen) atoms. The number of benzene rings is 6. The van der Waals surface area contributed by atoms with Crippen LogP contribution in [0.3, 0.4) is 0 Å². The molecule has 9 nitrogen and oxygen atoms in total. The SMILES string of the molecule is CC(C)(C)c1ccc([S+]2CCCC2)cc1.CC(F)(F)C(=O)OCC12CC3CC(CC(C3)C1)C2.Cc1c(C2CCCCC2)cc(C2CCCCC2)cc1C1CCCCC1.Cc1ccc(C(=O)C([S+]2CCOCC2)C(C)(C)C)cc1.O=C(OCC(F)(F)S(=O)(=O)O)C12CC3CC(CC(C3)C1)C2.c1ccc([S+](c2ccccc2)c2ccccc2)cc1. The highest BCUT2D eigenvalue weighted by atomic mass is 32.2. The zero-order valence-electron chi connectivity index (χ0n) is 72.2. The van der Waals surface area contributed by atoms with Gasteiger partial charge in [-0.25, -0.2) is 4.79 Å². The van der Waals surface area contributed by atoms with Crippen molar-refractivity contribution >= 4 is 60.5 Å². The van der Waals surface area contributed by atoms with Gasteiger partial charge in [-0.3, -0.25) is 14.1 Å². The average molecular weight is 1700 g/mol. The molecular formula is C101H137F4O9S4+3. The minimum Gasteiger partial charge on any atom is -0.461 e. The summed E-state index contributed by atoms with van der Waals surface area (Å²) in [6, 6.07) is 54.9. The minimum absolute atomic E-state index is 0.00240. The summed E-state index contributed by atoms with van der Waals surface area (Å²) in [5.74, 6) is 5.93. The molecule has 0 spiro atoms. The Kier molecular flexibility index (Phi) is 31.8. The molecular weight excluding hydrogens is 1560 g/mol. The second kappa shape index (κ2) is 40.9. The van der Waals surface area contributed by atoms with Gasteiger partial charge in [0.1, 0.15) is 23.0 Å². The van der Waals surface area contributed by atoms with Crippen LogP contribution in [0.5, 0.6) is 0 Å². The summed E-state index contributed by atoms with van der Waals surface area (Å²) in [5.41, 5.74) is 10.1. The highest BCUT2D eigenvalue weighted by Gasteiger charge is 2.57. The van der Waals surface area contributed by atoms with Gasteiger partial charge in [0, 0.05) is 45.1 Å². The second-order valence-corrected chi connectivity index (χ2v) is 47.5. The number of carbonyl (C=O) groups excluding carboxylic acids is 3. The normalized spacial score (nSPS) is 25.7. The summed E-state index contributed by atoms with van der Waals surface area (Å²) in [4.78, 5) is 42.1. The van der Waals surface area contributed by atoms with Crippen molar-refractivity contribution in [2.45, 2.75) is 308 Å². The van der Waals surface area contributed by atoms with E-state index in [2.05, 4.69) is 188 Å². The first-order valence-electron chi connectivity index (χ1n) is 45.0. The van der Waals surface area contributed by atoms with E-state index in [4.69, 9.17) is 14.0 Å². The highest BCUT2D eigenvalue weighted by Crippen LogP contribution is 2.62. The van der Waals surface area contributed by atoms with Crippen molar-refractivity contribution < 1.29 is 59.1 Å². The van der Waals surface area contributed by atoms with E-state index in [0.717, 1.165) is 104 Å². The minimum atomic E-state index is -5.56. The fourth-order valence-corrected chi connectivity index (χ4v) is 29.9. The lowest BCUT2D eigenvalue weighted by molar-refractivity contribution is -0.179. The molecule has 0 radical (unpaired) electrons. The van der Waals surface area contributed by atoms with Gasteiger partial charge < -0.3 is 14.2 Å². The summed E-state index contributed by atoms with van der Waals surface area (Å²) >= 11 is 0. The van der Waals surface area contributed by atoms with Crippen LogP contribution in [0.1, 0.15) is 296 Å². The van der Waals surface area contributed by atoms with E-state index < -0.39 is 45.3 Å². The van der Waals surface area contributed by atoms with Gasteiger partial charge in [-0.15, -0.1) is 0 Å². The van der Waals surface area contributed by atoms with Gasteiger partial charge in [-0.05, 0) is 277 Å². The highest BCUT2D eigenvalue weighted by molar-refractivity contribution is 7.98. The smallest absolute Gasteiger partial charge is 0.402 e. The Hall–Kier alpha value is -5.43. The number of halogens is 4. The lowest BCUT2D eigenvalue weighted by atomic mass is 9.49. The standard InChI is InChI=1S/C25H38.C18H15S.C17H25O2S.C14H20F2O2.C14H21S.C13H18F2O5S/c1-19-24(21-13-7-3-8-14-21)17-23(20-11-5-2-6-12-20)18-25(19)22-15-9-4-10-16-22;1-4-10-16(11-5-1)19(17-12-6-2-7-13-17)18-14-8-3-9-15-18;1-13-5-7-14(8-6-13)15(18)16(17(2,3)4)20-11-9-19-10-12-20;1-13(15,16)12(17)18-8-14-5-9-2-10(6-14)4-11(3-9)7-14;1-14(2,3)12-6-8-13(9-7-12)15-10-4-5-11-15;14-13(15,21(17,18)19)7-20-11(16)12-4-8-1-9(5-12)3-10(2-8)6-12/h17-18,20-22H,2-16H2,1H3;1-15H;5-8,16H,9-12H2,1-4H3;9-11H,2-8H2,1H3;6-9H,4-5,10-11H2,1-3H3;8-10H,1-7H2,(H,17,18,19)/q;2*+1;;+1;. The summed E-state index contributed by atoms with van der Waals surface area (Å²) in [6.45, 7) is 18.7. The molecule has 17 heteroatoms. The Morgan fingerprint density at radius 1 is 0.517 bits per heavy atom. The molecule has 2 heterocycles. The maximum Gasteiger partial charge on any atom is 0.402 e. The van der Waals surface area contributed by atoms with E-state index in [1.807, 2.05) is 24.3 Å². The number of carbonyl (C=O) groups is 3. The van der Waals surface area contributed by atoms with Gasteiger partial charge >= 0.3 is 33.2 Å². The lowest BCUT2D eigenvalue weighted by Gasteiger charge is -2.56. The molecule has 6 aromatic carbocycles. The van der Waals surface area contributed by atoms with E-state index in [1.54, 1.807) is 27.1 Å². The maximum absolute atomic E-state index is 13.1. The number of ketones is 1. The molecule has 1 unspecified atom stereocenters. The Labute approximate surface area is 714 Å². The van der Waals surface area contributed by atoms with Gasteiger partial charge in [0.25, 0.3) is 0 Å². The summed E-state index contributed by atoms with van der Waals surface area (Å²) in [5, 5.41) is -4.35. The van der Waals surface area contributed by atoms with Crippen LogP contribution < -0.4 is 0 Å². The molecule has 8 bridgehead atoms. The molecule has 0 amide bonds. The zero-order valence-corrected chi connectivity index (χ0v) is 75.5. The van der Waals surface area contributed by atoms with Crippen molar-refractivity contribution in [1.82, 2.24) is 0 Å². The summed E-state index contributed by atoms with van der Waals surface area (Å²) < 4.78 is 96.3. The van der Waals surface area contributed by atoms with Crippen molar-refractivity contribution in [2.24, 2.45) is 51.8 Å². The van der Waals surface area contributed by atoms with Gasteiger partial charge in [0.15, 0.2) is 31.4 Å². The van der Waals surface area contributed by atoms with Gasteiger partial charge in [0.2, 0.25) is 5.78 Å². The van der Waals surface area contributed by atoms with Crippen LogP contribution in [0.15, 0.2) is 171 Å². The van der Waals surface area contributed by atoms with Gasteiger partial charge in [0.05, 0.1) is 36.1 Å². The molecule has 2 aliphatic heterocycles. The molecule has 1 N–H and O–H groups in total. The van der Waals surface area contributed by atoms with E-state index in [0.29, 0.717) is 60.6 Å². The molecule has 0 aromatic heterocycles. The third-order valence-corrected chi connectivity index (χ3v) is 36.2. The first kappa shape index (κ1) is 91.8. The molecule has 13 fully saturated rings. The van der Waals surface area contributed by atoms with Crippen LogP contribution in [0.25, 0.3) is 0 Å². The van der Waals surface area contributed by atoms with Crippen molar-refractivity contribution in [1.29, 1.82) is 0 Å². The van der Waals surface area contributed by atoms with Crippen molar-refractivity contribution in [3.8, 4) is 0 Å². The van der Waals surface area contributed by atoms with Gasteiger partial charge in [-0.2, -0.15) is 26.0 Å². The van der Waals surface area contributed by atoms with E-state index >= 15 is 0 Å². The second-order valence-electron chi connectivity index (χ2n) is 39.3. The predicted molar refractivity (Wildman–Crippen MR) is 477 cm³/mol. The molecule has 6 aromatic rings. The van der Waals surface area contributed by atoms with Crippen LogP contribution in [0.4, 0.5) is 17.6 Å². The first-order valence-corrected chi connectivity index (χ1v) is 50.8. The third-order valence-electron chi connectivity index (χ3n) is 27.6. The van der Waals surface area contributed by atoms with Crippen LogP contribution in [0, 0.1) is 65.6 Å². The monoisotopic (exact) mass is 1700 g/mol. The predicted octanol–water partition coefficient (Wildman–Crippen LogP) is 25.5. The molecule has 11 aliphatic carbocycles. The largest absolute Gasteiger partial charge is 0.461 e. The van der Waals surface area contributed by atoms with Crippen molar-refractivity contribution in [3.63, 3.8) is 0 Å². The van der Waals surface area contributed by atoms with Gasteiger partial charge in [-0.1, -0.05) is 208 Å². The average Bonchev–Trinajstić information content (AvgIpc) is 0.915. The number of alkyl halides is 4. The Bertz CT molecular complexity index is 4080. The number of hydrogen-bond acceptors (Lipinski definition) is 8. The molecule has 1 atom stereocenters. The maximum atomic E-state index is 13.1.